The smallest absolute Gasteiger partial charge is 0.435 e. The molecule has 1 aliphatic heterocycles. The van der Waals surface area contributed by atoms with E-state index in [1.807, 2.05) is 13.1 Å². The first-order valence-electron chi connectivity index (χ1n) is 6.59. The topological polar surface area (TPSA) is 40.5 Å². The van der Waals surface area contributed by atoms with E-state index in [4.69, 9.17) is 0 Å². The van der Waals surface area contributed by atoms with Crippen molar-refractivity contribution in [3.8, 4) is 0 Å². The molecule has 0 aromatic rings. The zero-order valence-corrected chi connectivity index (χ0v) is 12.5. The van der Waals surface area contributed by atoms with E-state index in [-0.39, 0.29) is 15.4 Å². The molecule has 0 aliphatic carbocycles. The first-order chi connectivity index (χ1) is 8.02. The summed E-state index contributed by atoms with van der Waals surface area (Å²) < 4.78 is 0.00751. The molecule has 4 heteroatoms. The monoisotopic (exact) mass is 255 g/mol. The molecular weight excluding hydrogens is 228 g/mol. The minimum Gasteiger partial charge on any atom is -0.435 e. The van der Waals surface area contributed by atoms with Gasteiger partial charge in [0.2, 0.25) is 0 Å². The third-order valence-electron chi connectivity index (χ3n) is 3.62. The van der Waals surface area contributed by atoms with Gasteiger partial charge in [0, 0.05) is 5.54 Å². The van der Waals surface area contributed by atoms with Crippen LogP contribution in [0.15, 0.2) is 12.4 Å². The van der Waals surface area contributed by atoms with Crippen LogP contribution in [-0.2, 0) is 0 Å². The fraction of sp³-hybridized carbons (Fsp3) is 0.786. The van der Waals surface area contributed by atoms with E-state index < -0.39 is 6.09 Å². The maximum Gasteiger partial charge on any atom is 0.519 e. The normalized spacial score (nSPS) is 24.7. The van der Waals surface area contributed by atoms with Gasteiger partial charge in [-0.1, -0.05) is 20.8 Å². The van der Waals surface area contributed by atoms with Crippen molar-refractivity contribution in [3.05, 3.63) is 12.4 Å². The first-order valence-corrected chi connectivity index (χ1v) is 6.59. The molecule has 0 bridgehead atoms. The van der Waals surface area contributed by atoms with Gasteiger partial charge in [0.05, 0.1) is 12.7 Å². The lowest BCUT2D eigenvalue weighted by Crippen LogP contribution is -2.53. The van der Waals surface area contributed by atoms with Crippen LogP contribution < -0.4 is 0 Å². The lowest BCUT2D eigenvalue weighted by molar-refractivity contribution is -0.807. The zero-order chi connectivity index (χ0) is 14.2. The van der Waals surface area contributed by atoms with Gasteiger partial charge in [-0.15, -0.1) is 0 Å². The molecule has 104 valence electrons. The van der Waals surface area contributed by atoms with E-state index in [1.54, 1.807) is 6.20 Å². The zero-order valence-electron chi connectivity index (χ0n) is 12.5. The lowest BCUT2D eigenvalue weighted by atomic mass is 9.81. The third-order valence-corrected chi connectivity index (χ3v) is 3.62. The fourth-order valence-electron chi connectivity index (χ4n) is 2.83. The summed E-state index contributed by atoms with van der Waals surface area (Å²) in [6.07, 6.45) is 3.99. The molecule has 1 amide bonds. The maximum atomic E-state index is 11.4. The highest BCUT2D eigenvalue weighted by atomic mass is 16.4. The number of hydrogen-bond donors (Lipinski definition) is 1. The molecule has 1 N–H and O–H groups in total. The van der Waals surface area contributed by atoms with Crippen molar-refractivity contribution in [1.29, 1.82) is 0 Å². The predicted molar refractivity (Wildman–Crippen MR) is 72.8 cm³/mol. The Morgan fingerprint density at radius 2 is 1.89 bits per heavy atom. The van der Waals surface area contributed by atoms with E-state index >= 15 is 0 Å². The standard InChI is InChI=1S/C14H26N2O2/c1-7-16(12(17)18)9-8-15(11-16)14(5,6)10-13(2,3)4/h8-9H,7,10-11H2,1-6H3/p+1. The van der Waals surface area contributed by atoms with Crippen molar-refractivity contribution in [3.63, 3.8) is 0 Å². The van der Waals surface area contributed by atoms with Gasteiger partial charge < -0.3 is 10.0 Å². The molecule has 0 saturated carbocycles. The van der Waals surface area contributed by atoms with Crippen LogP contribution in [-0.4, -0.2) is 39.3 Å². The van der Waals surface area contributed by atoms with Crippen LogP contribution in [0.1, 0.15) is 48.0 Å². The Kier molecular flexibility index (Phi) is 3.82. The molecule has 0 spiro atoms. The molecule has 18 heavy (non-hydrogen) atoms. The summed E-state index contributed by atoms with van der Waals surface area (Å²) in [6.45, 7) is 14.0. The van der Waals surface area contributed by atoms with Gasteiger partial charge in [-0.2, -0.15) is 9.28 Å². The summed E-state index contributed by atoms with van der Waals surface area (Å²) in [6, 6.07) is 0. The second-order valence-electron chi connectivity index (χ2n) is 7.09. The van der Waals surface area contributed by atoms with E-state index in [2.05, 4.69) is 39.5 Å². The van der Waals surface area contributed by atoms with Gasteiger partial charge >= 0.3 is 6.09 Å². The number of nitrogens with zero attached hydrogens (tertiary/aromatic N) is 2. The van der Waals surface area contributed by atoms with Crippen molar-refractivity contribution in [1.82, 2.24) is 4.90 Å². The summed E-state index contributed by atoms with van der Waals surface area (Å²) in [5.74, 6) is 0. The Bertz CT molecular complexity index is 355. The Morgan fingerprint density at radius 3 is 2.22 bits per heavy atom. The van der Waals surface area contributed by atoms with Gasteiger partial charge in [0.1, 0.15) is 6.20 Å². The summed E-state index contributed by atoms with van der Waals surface area (Å²) >= 11 is 0. The second kappa shape index (κ2) is 4.57. The molecule has 4 nitrogen and oxygen atoms in total. The Hall–Kier alpha value is -1.03. The van der Waals surface area contributed by atoms with Crippen LogP contribution in [0.5, 0.6) is 0 Å². The Morgan fingerprint density at radius 1 is 1.33 bits per heavy atom. The Labute approximate surface area is 110 Å². The van der Waals surface area contributed by atoms with Crippen molar-refractivity contribution in [2.24, 2.45) is 5.41 Å². The molecule has 1 heterocycles. The van der Waals surface area contributed by atoms with Crippen molar-refractivity contribution in [2.45, 2.75) is 53.5 Å². The lowest BCUT2D eigenvalue weighted by Gasteiger charge is -2.40. The number of carboxylic acid groups (broad SMARTS) is 1. The maximum absolute atomic E-state index is 11.4. The van der Waals surface area contributed by atoms with E-state index in [0.29, 0.717) is 13.2 Å². The van der Waals surface area contributed by atoms with Gasteiger partial charge in [-0.05, 0) is 32.6 Å². The predicted octanol–water partition coefficient (Wildman–Crippen LogP) is 3.46. The quantitative estimate of drug-likeness (QED) is 0.785. The Balaban J connectivity index is 2.84. The second-order valence-corrected chi connectivity index (χ2v) is 7.09. The van der Waals surface area contributed by atoms with Crippen LogP contribution >= 0.6 is 0 Å². The van der Waals surface area contributed by atoms with E-state index in [1.165, 1.54) is 0 Å². The van der Waals surface area contributed by atoms with Crippen LogP contribution in [0.2, 0.25) is 0 Å². The SMILES string of the molecule is CC[N+]1(C(=O)O)C=CN(C(C)(C)CC(C)(C)C)C1. The molecule has 1 atom stereocenters. The molecular formula is C14H27N2O2+. The minimum atomic E-state index is -0.775. The highest BCUT2D eigenvalue weighted by Gasteiger charge is 2.43. The van der Waals surface area contributed by atoms with Gasteiger partial charge in [-0.3, -0.25) is 0 Å². The van der Waals surface area contributed by atoms with Crippen molar-refractivity contribution >= 4 is 6.09 Å². The average Bonchev–Trinajstić information content (AvgIpc) is 2.59. The van der Waals surface area contributed by atoms with Crippen LogP contribution in [0.4, 0.5) is 4.79 Å². The summed E-state index contributed by atoms with van der Waals surface area (Å²) in [5, 5.41) is 9.37. The highest BCUT2D eigenvalue weighted by molar-refractivity contribution is 5.57. The number of amides is 1. The molecule has 0 fully saturated rings. The number of quaternary nitrogens is 1. The van der Waals surface area contributed by atoms with Crippen LogP contribution in [0, 0.1) is 5.41 Å². The van der Waals surface area contributed by atoms with Crippen LogP contribution in [0.25, 0.3) is 0 Å². The van der Waals surface area contributed by atoms with Crippen molar-refractivity contribution < 1.29 is 14.4 Å². The van der Waals surface area contributed by atoms with Crippen molar-refractivity contribution in [2.75, 3.05) is 13.2 Å². The van der Waals surface area contributed by atoms with E-state index in [0.717, 1.165) is 6.42 Å². The number of rotatable bonds is 3. The van der Waals surface area contributed by atoms with E-state index in [9.17, 15) is 9.90 Å². The number of carbonyl (C=O) groups is 1. The molecule has 1 unspecified atom stereocenters. The average molecular weight is 255 g/mol. The third kappa shape index (κ3) is 3.05. The fourth-order valence-corrected chi connectivity index (χ4v) is 2.83. The highest BCUT2D eigenvalue weighted by Crippen LogP contribution is 2.34. The molecule has 0 radical (unpaired) electrons. The molecule has 1 rings (SSSR count). The van der Waals surface area contributed by atoms with Gasteiger partial charge in [0.25, 0.3) is 0 Å². The summed E-state index contributed by atoms with van der Waals surface area (Å²) in [4.78, 5) is 13.6. The summed E-state index contributed by atoms with van der Waals surface area (Å²) in [7, 11) is 0. The molecule has 0 saturated heterocycles. The first kappa shape index (κ1) is 15.0. The molecule has 1 aliphatic rings. The van der Waals surface area contributed by atoms with Gasteiger partial charge in [0.15, 0.2) is 6.67 Å². The summed E-state index contributed by atoms with van der Waals surface area (Å²) in [5.41, 5.74) is 0.199. The van der Waals surface area contributed by atoms with Gasteiger partial charge in [-0.25, -0.2) is 0 Å². The molecule has 0 aromatic heterocycles. The number of hydrogen-bond acceptors (Lipinski definition) is 2. The van der Waals surface area contributed by atoms with Crippen LogP contribution in [0.3, 0.4) is 0 Å². The minimum absolute atomic E-state index is 0.00751. The molecule has 0 aromatic carbocycles. The largest absolute Gasteiger partial charge is 0.519 e.